The summed E-state index contributed by atoms with van der Waals surface area (Å²) in [7, 11) is 0. The van der Waals surface area contributed by atoms with Crippen molar-refractivity contribution in [3.8, 4) is 0 Å². The lowest BCUT2D eigenvalue weighted by atomic mass is 9.77. The van der Waals surface area contributed by atoms with Crippen LogP contribution in [0.15, 0.2) is 0 Å². The molecule has 0 aromatic carbocycles. The van der Waals surface area contributed by atoms with Crippen molar-refractivity contribution < 1.29 is 29.0 Å². The van der Waals surface area contributed by atoms with Gasteiger partial charge in [-0.2, -0.15) is 0 Å². The summed E-state index contributed by atoms with van der Waals surface area (Å²) >= 11 is 0. The number of ether oxygens (including phenoxy) is 2. The molecule has 0 saturated carbocycles. The third-order valence-corrected chi connectivity index (χ3v) is 6.57. The number of carbonyl (C=O) groups excluding carboxylic acids is 2. The van der Waals surface area contributed by atoms with Gasteiger partial charge < -0.3 is 25.2 Å². The van der Waals surface area contributed by atoms with E-state index < -0.39 is 41.3 Å². The van der Waals surface area contributed by atoms with Gasteiger partial charge in [-0.25, -0.2) is 0 Å². The summed E-state index contributed by atoms with van der Waals surface area (Å²) in [6.45, 7) is 17.7. The minimum Gasteiger partial charge on any atom is -0.481 e. The number of amides is 2. The first-order valence-electron chi connectivity index (χ1n) is 12.7. The average Bonchev–Trinajstić information content (AvgIpc) is 2.69. The van der Waals surface area contributed by atoms with Crippen molar-refractivity contribution in [2.45, 2.75) is 125 Å². The van der Waals surface area contributed by atoms with Crippen LogP contribution in [-0.2, 0) is 23.9 Å². The number of nitrogens with one attached hydrogen (secondary N) is 2. The molecule has 1 fully saturated rings. The van der Waals surface area contributed by atoms with Gasteiger partial charge in [0.15, 0.2) is 5.79 Å². The Morgan fingerprint density at radius 3 is 2.15 bits per heavy atom. The van der Waals surface area contributed by atoms with Gasteiger partial charge in [-0.05, 0) is 32.1 Å². The minimum atomic E-state index is -1.04. The van der Waals surface area contributed by atoms with Crippen LogP contribution >= 0.6 is 0 Å². The van der Waals surface area contributed by atoms with Crippen LogP contribution in [0.4, 0.5) is 0 Å². The molecular weight excluding hydrogens is 436 g/mol. The lowest BCUT2D eigenvalue weighted by molar-refractivity contribution is -0.304. The lowest BCUT2D eigenvalue weighted by Gasteiger charge is -2.45. The largest absolute Gasteiger partial charge is 0.481 e. The Morgan fingerprint density at radius 1 is 1.03 bits per heavy atom. The van der Waals surface area contributed by atoms with Gasteiger partial charge >= 0.3 is 5.97 Å². The Hall–Kier alpha value is -1.67. The Morgan fingerprint density at radius 2 is 1.65 bits per heavy atom. The highest BCUT2D eigenvalue weighted by Gasteiger charge is 2.46. The molecule has 0 bridgehead atoms. The average molecular weight is 485 g/mol. The number of rotatable bonds is 12. The first-order valence-corrected chi connectivity index (χ1v) is 12.7. The summed E-state index contributed by atoms with van der Waals surface area (Å²) in [6, 6.07) is -1.28. The van der Waals surface area contributed by atoms with Crippen molar-refractivity contribution in [2.24, 2.45) is 16.7 Å². The van der Waals surface area contributed by atoms with E-state index in [1.54, 1.807) is 13.8 Å². The van der Waals surface area contributed by atoms with Gasteiger partial charge in [-0.1, -0.05) is 67.7 Å². The van der Waals surface area contributed by atoms with Crippen LogP contribution in [0.25, 0.3) is 0 Å². The van der Waals surface area contributed by atoms with Gasteiger partial charge in [0.05, 0.1) is 19.1 Å². The molecule has 1 heterocycles. The standard InChI is InChI=1S/C26H48N2O6/c1-10-12-13-14-17(24(3,4)5)22(31)27-18(11-2)19(15-20(29)30)28-23(32)21-25(6,7)16-33-26(8,9)34-21/h17-19,21H,10-16H2,1-9H3,(H,27,31)(H,28,32)(H,29,30). The molecule has 8 nitrogen and oxygen atoms in total. The van der Waals surface area contributed by atoms with Crippen LogP contribution < -0.4 is 10.6 Å². The van der Waals surface area contributed by atoms with E-state index >= 15 is 0 Å². The van der Waals surface area contributed by atoms with Crippen LogP contribution in [0.1, 0.15) is 101 Å². The van der Waals surface area contributed by atoms with Gasteiger partial charge in [0.25, 0.3) is 0 Å². The normalized spacial score (nSPS) is 22.3. The molecule has 0 aromatic rings. The Labute approximate surface area is 205 Å². The van der Waals surface area contributed by atoms with Crippen molar-refractivity contribution >= 4 is 17.8 Å². The highest BCUT2D eigenvalue weighted by atomic mass is 16.7. The third-order valence-electron chi connectivity index (χ3n) is 6.57. The summed E-state index contributed by atoms with van der Waals surface area (Å²) < 4.78 is 11.6. The molecule has 4 unspecified atom stereocenters. The maximum Gasteiger partial charge on any atom is 0.305 e. The number of unbranched alkanes of at least 4 members (excludes halogenated alkanes) is 2. The van der Waals surface area contributed by atoms with E-state index in [-0.39, 0.29) is 23.7 Å². The molecule has 0 aliphatic carbocycles. The first kappa shape index (κ1) is 30.4. The molecule has 2 amide bonds. The molecule has 4 atom stereocenters. The third kappa shape index (κ3) is 9.17. The second kappa shape index (κ2) is 12.3. The predicted octanol–water partition coefficient (Wildman–Crippen LogP) is 4.26. The fourth-order valence-electron chi connectivity index (χ4n) is 4.39. The Bertz CT molecular complexity index is 698. The molecule has 3 N–H and O–H groups in total. The van der Waals surface area contributed by atoms with Gasteiger partial charge in [0.2, 0.25) is 11.8 Å². The summed E-state index contributed by atoms with van der Waals surface area (Å²) in [4.78, 5) is 38.2. The fraction of sp³-hybridized carbons (Fsp3) is 0.885. The summed E-state index contributed by atoms with van der Waals surface area (Å²) in [5.74, 6) is -2.65. The molecule has 198 valence electrons. The number of carboxylic acids is 1. The number of hydrogen-bond acceptors (Lipinski definition) is 5. The molecule has 34 heavy (non-hydrogen) atoms. The van der Waals surface area contributed by atoms with Crippen LogP contribution in [0.5, 0.6) is 0 Å². The molecule has 0 aromatic heterocycles. The highest BCUT2D eigenvalue weighted by Crippen LogP contribution is 2.35. The Kier molecular flexibility index (Phi) is 11.0. The number of aliphatic carboxylic acids is 1. The van der Waals surface area contributed by atoms with E-state index in [0.717, 1.165) is 25.7 Å². The highest BCUT2D eigenvalue weighted by molar-refractivity contribution is 5.83. The zero-order valence-corrected chi connectivity index (χ0v) is 22.7. The number of carboxylic acid groups (broad SMARTS) is 1. The van der Waals surface area contributed by atoms with Crippen LogP contribution in [0, 0.1) is 16.7 Å². The van der Waals surface area contributed by atoms with Gasteiger partial charge in [0.1, 0.15) is 6.10 Å². The van der Waals surface area contributed by atoms with Crippen LogP contribution in [0.2, 0.25) is 0 Å². The summed E-state index contributed by atoms with van der Waals surface area (Å²) in [5.41, 5.74) is -0.817. The van der Waals surface area contributed by atoms with Crippen molar-refractivity contribution in [2.75, 3.05) is 6.61 Å². The van der Waals surface area contributed by atoms with E-state index in [1.165, 1.54) is 0 Å². The van der Waals surface area contributed by atoms with Crippen LogP contribution in [-0.4, -0.2) is 53.5 Å². The fourth-order valence-corrected chi connectivity index (χ4v) is 4.39. The molecular formula is C26H48N2O6. The quantitative estimate of drug-likeness (QED) is 0.357. The van der Waals surface area contributed by atoms with Crippen LogP contribution in [0.3, 0.4) is 0 Å². The minimum absolute atomic E-state index is 0.0936. The molecule has 1 rings (SSSR count). The maximum absolute atomic E-state index is 13.3. The zero-order chi connectivity index (χ0) is 26.3. The smallest absolute Gasteiger partial charge is 0.305 e. The topological polar surface area (TPSA) is 114 Å². The molecule has 0 spiro atoms. The molecule has 8 heteroatoms. The van der Waals surface area contributed by atoms with Crippen molar-refractivity contribution in [1.82, 2.24) is 10.6 Å². The monoisotopic (exact) mass is 484 g/mol. The van der Waals surface area contributed by atoms with E-state index in [2.05, 4.69) is 17.6 Å². The predicted molar refractivity (Wildman–Crippen MR) is 132 cm³/mol. The van der Waals surface area contributed by atoms with E-state index in [4.69, 9.17) is 9.47 Å². The van der Waals surface area contributed by atoms with E-state index in [9.17, 15) is 19.5 Å². The molecule has 1 aliphatic rings. The zero-order valence-electron chi connectivity index (χ0n) is 22.7. The lowest BCUT2D eigenvalue weighted by Crippen LogP contribution is -2.61. The van der Waals surface area contributed by atoms with Crippen molar-refractivity contribution in [3.05, 3.63) is 0 Å². The molecule has 0 radical (unpaired) electrons. The van der Waals surface area contributed by atoms with Gasteiger partial charge in [-0.3, -0.25) is 14.4 Å². The molecule has 1 aliphatic heterocycles. The first-order chi connectivity index (χ1) is 15.5. The summed E-state index contributed by atoms with van der Waals surface area (Å²) in [6.07, 6.45) is 3.25. The molecule has 1 saturated heterocycles. The maximum atomic E-state index is 13.3. The SMILES string of the molecule is CCCCCC(C(=O)NC(CC)C(CC(=O)O)NC(=O)C1OC(C)(C)OCC1(C)C)C(C)(C)C. The second-order valence-corrected chi connectivity index (χ2v) is 11.8. The second-order valence-electron chi connectivity index (χ2n) is 11.8. The van der Waals surface area contributed by atoms with Crippen molar-refractivity contribution in [3.63, 3.8) is 0 Å². The summed E-state index contributed by atoms with van der Waals surface area (Å²) in [5, 5.41) is 15.5. The van der Waals surface area contributed by atoms with E-state index in [1.807, 2.05) is 41.5 Å². The Balaban J connectivity index is 3.06. The van der Waals surface area contributed by atoms with Crippen molar-refractivity contribution in [1.29, 1.82) is 0 Å². The van der Waals surface area contributed by atoms with Gasteiger partial charge in [0, 0.05) is 17.4 Å². The van der Waals surface area contributed by atoms with E-state index in [0.29, 0.717) is 13.0 Å². The number of carbonyl (C=O) groups is 3. The van der Waals surface area contributed by atoms with Gasteiger partial charge in [-0.15, -0.1) is 0 Å². The number of hydrogen-bond donors (Lipinski definition) is 3.